The Labute approximate surface area is 183 Å². The second-order valence-corrected chi connectivity index (χ2v) is 9.15. The van der Waals surface area contributed by atoms with Gasteiger partial charge >= 0.3 is 5.97 Å². The van der Waals surface area contributed by atoms with Crippen molar-refractivity contribution >= 4 is 37.7 Å². The molecule has 0 radical (unpaired) electrons. The number of ketones is 1. The molecule has 8 nitrogen and oxygen atoms in total. The van der Waals surface area contributed by atoms with Crippen LogP contribution in [0.1, 0.15) is 21.7 Å². The van der Waals surface area contributed by atoms with E-state index in [0.717, 1.165) is 5.69 Å². The Bertz CT molecular complexity index is 1040. The third kappa shape index (κ3) is 5.66. The maximum atomic E-state index is 12.5. The summed E-state index contributed by atoms with van der Waals surface area (Å²) < 4.78 is 34.4. The number of sulfonamides is 1. The molecule has 30 heavy (non-hydrogen) atoms. The molecule has 2 rings (SSSR count). The van der Waals surface area contributed by atoms with Crippen LogP contribution < -0.4 is 4.72 Å². The predicted molar refractivity (Wildman–Crippen MR) is 115 cm³/mol. The Balaban J connectivity index is 2.05. The number of carbonyl (C=O) groups excluding carboxylic acids is 2. The fourth-order valence-electron chi connectivity index (χ4n) is 2.84. The second-order valence-electron chi connectivity index (χ2n) is 6.53. The molecule has 0 saturated carbocycles. The van der Waals surface area contributed by atoms with Crippen LogP contribution in [0.15, 0.2) is 52.4 Å². The molecule has 10 heteroatoms. The lowest BCUT2D eigenvalue weighted by atomic mass is 10.1. The minimum Gasteiger partial charge on any atom is -0.456 e. The number of carbonyl (C=O) groups is 2. The molecule has 0 aliphatic carbocycles. The Kier molecular flexibility index (Phi) is 8.13. The molecular weight excluding hydrogens is 476 g/mol. The van der Waals surface area contributed by atoms with E-state index in [1.807, 2.05) is 11.5 Å². The molecule has 1 unspecified atom stereocenters. The third-order valence-electron chi connectivity index (χ3n) is 4.42. The number of hydrogen-bond donors (Lipinski definition) is 2. The number of aliphatic hydroxyl groups excluding tert-OH is 1. The summed E-state index contributed by atoms with van der Waals surface area (Å²) in [5.74, 6) is -1.48. The SMILES string of the molecule is C=CCn1c(C)cc(C(=O)COC(=O)C(CO)NS(=O)(=O)c2ccc(Br)cc2)c1C. The first-order valence-electron chi connectivity index (χ1n) is 8.97. The van der Waals surface area contributed by atoms with Gasteiger partial charge in [-0.1, -0.05) is 22.0 Å². The summed E-state index contributed by atoms with van der Waals surface area (Å²) in [5.41, 5.74) is 1.97. The van der Waals surface area contributed by atoms with Gasteiger partial charge in [-0.25, -0.2) is 8.42 Å². The zero-order valence-corrected chi connectivity index (χ0v) is 19.0. The molecular formula is C20H23BrN2O6S. The smallest absolute Gasteiger partial charge is 0.327 e. The van der Waals surface area contributed by atoms with Crippen LogP contribution in [0, 0.1) is 13.8 Å². The summed E-state index contributed by atoms with van der Waals surface area (Å²) in [6.07, 6.45) is 1.71. The average Bonchev–Trinajstić information content (AvgIpc) is 2.99. The van der Waals surface area contributed by atoms with Crippen molar-refractivity contribution in [1.29, 1.82) is 0 Å². The van der Waals surface area contributed by atoms with Crippen LogP contribution in [0.3, 0.4) is 0 Å². The number of aryl methyl sites for hydroxylation is 1. The number of nitrogens with zero attached hydrogens (tertiary/aromatic N) is 1. The number of ether oxygens (including phenoxy) is 1. The second kappa shape index (κ2) is 10.2. The minimum atomic E-state index is -4.07. The molecule has 1 aromatic carbocycles. The summed E-state index contributed by atoms with van der Waals surface area (Å²) in [4.78, 5) is 24.6. The topological polar surface area (TPSA) is 115 Å². The molecule has 2 aromatic rings. The van der Waals surface area contributed by atoms with Crippen molar-refractivity contribution in [3.63, 3.8) is 0 Å². The van der Waals surface area contributed by atoms with Gasteiger partial charge in [-0.05, 0) is 44.2 Å². The van der Waals surface area contributed by atoms with Gasteiger partial charge in [-0.3, -0.25) is 9.59 Å². The van der Waals surface area contributed by atoms with Crippen LogP contribution in [-0.4, -0.2) is 49.1 Å². The molecule has 0 saturated heterocycles. The highest BCUT2D eigenvalue weighted by Gasteiger charge is 2.27. The summed E-state index contributed by atoms with van der Waals surface area (Å²) in [5, 5.41) is 9.44. The van der Waals surface area contributed by atoms with Gasteiger partial charge in [0.2, 0.25) is 15.8 Å². The van der Waals surface area contributed by atoms with Crippen LogP contribution in [0.5, 0.6) is 0 Å². The first-order chi connectivity index (χ1) is 14.1. The van der Waals surface area contributed by atoms with Gasteiger partial charge in [0.25, 0.3) is 0 Å². The Hall–Kier alpha value is -2.27. The van der Waals surface area contributed by atoms with E-state index in [2.05, 4.69) is 27.2 Å². The monoisotopic (exact) mass is 498 g/mol. The quantitative estimate of drug-likeness (QED) is 0.294. The van der Waals surface area contributed by atoms with Crippen LogP contribution >= 0.6 is 15.9 Å². The van der Waals surface area contributed by atoms with Crippen molar-refractivity contribution in [1.82, 2.24) is 9.29 Å². The highest BCUT2D eigenvalue weighted by atomic mass is 79.9. The summed E-state index contributed by atoms with van der Waals surface area (Å²) in [7, 11) is -4.07. The van der Waals surface area contributed by atoms with E-state index >= 15 is 0 Å². The highest BCUT2D eigenvalue weighted by Crippen LogP contribution is 2.17. The Morgan fingerprint density at radius 1 is 1.30 bits per heavy atom. The minimum absolute atomic E-state index is 0.0808. The molecule has 0 aliphatic rings. The number of Topliss-reactive ketones (excluding diaryl/α,β-unsaturated/α-hetero) is 1. The Morgan fingerprint density at radius 2 is 1.93 bits per heavy atom. The van der Waals surface area contributed by atoms with E-state index in [1.165, 1.54) is 24.3 Å². The molecule has 1 heterocycles. The number of nitrogens with one attached hydrogen (secondary N) is 1. The summed E-state index contributed by atoms with van der Waals surface area (Å²) in [6.45, 7) is 6.43. The standard InChI is InChI=1S/C20H23BrN2O6S/c1-4-9-23-13(2)10-17(14(23)3)19(25)12-29-20(26)18(11-24)22-30(27,28)16-7-5-15(21)6-8-16/h4-8,10,18,22,24H,1,9,11-12H2,2-3H3. The van der Waals surface area contributed by atoms with Crippen LogP contribution in [-0.2, 0) is 26.1 Å². The molecule has 0 spiro atoms. The van der Waals surface area contributed by atoms with Gasteiger partial charge in [0, 0.05) is 28.0 Å². The van der Waals surface area contributed by atoms with Crippen molar-refractivity contribution < 1.29 is 27.9 Å². The van der Waals surface area contributed by atoms with Crippen molar-refractivity contribution in [2.45, 2.75) is 31.3 Å². The fraction of sp³-hybridized carbons (Fsp3) is 0.300. The summed E-state index contributed by atoms with van der Waals surface area (Å²) in [6, 6.07) is 5.89. The number of aliphatic hydroxyl groups is 1. The number of aromatic nitrogens is 1. The number of rotatable bonds is 10. The molecule has 0 amide bonds. The van der Waals surface area contributed by atoms with Gasteiger partial charge in [-0.15, -0.1) is 6.58 Å². The predicted octanol–water partition coefficient (Wildman–Crippen LogP) is 2.12. The maximum absolute atomic E-state index is 12.5. The van der Waals surface area contributed by atoms with Gasteiger partial charge in [0.15, 0.2) is 6.61 Å². The number of benzene rings is 1. The van der Waals surface area contributed by atoms with Crippen LogP contribution in [0.25, 0.3) is 0 Å². The van der Waals surface area contributed by atoms with Crippen LogP contribution in [0.4, 0.5) is 0 Å². The van der Waals surface area contributed by atoms with Crippen molar-refractivity contribution in [2.24, 2.45) is 0 Å². The first kappa shape index (κ1) is 24.0. The zero-order valence-electron chi connectivity index (χ0n) is 16.6. The number of hydrogen-bond acceptors (Lipinski definition) is 6. The van der Waals surface area contributed by atoms with E-state index in [-0.39, 0.29) is 4.90 Å². The first-order valence-corrected chi connectivity index (χ1v) is 11.2. The molecule has 1 aromatic heterocycles. The zero-order chi connectivity index (χ0) is 22.5. The van der Waals surface area contributed by atoms with E-state index in [1.54, 1.807) is 19.1 Å². The van der Waals surface area contributed by atoms with E-state index in [9.17, 15) is 23.1 Å². The van der Waals surface area contributed by atoms with E-state index in [4.69, 9.17) is 4.74 Å². The number of halogens is 1. The lowest BCUT2D eigenvalue weighted by molar-refractivity contribution is -0.145. The lowest BCUT2D eigenvalue weighted by Gasteiger charge is -2.15. The van der Waals surface area contributed by atoms with Crippen molar-refractivity contribution in [2.75, 3.05) is 13.2 Å². The van der Waals surface area contributed by atoms with Gasteiger partial charge < -0.3 is 14.4 Å². The molecule has 1 atom stereocenters. The molecule has 162 valence electrons. The molecule has 0 bridgehead atoms. The van der Waals surface area contributed by atoms with E-state index in [0.29, 0.717) is 22.3 Å². The molecule has 0 aliphatic heterocycles. The van der Waals surface area contributed by atoms with Gasteiger partial charge in [-0.2, -0.15) is 4.72 Å². The van der Waals surface area contributed by atoms with E-state index < -0.39 is 41.0 Å². The fourth-order valence-corrected chi connectivity index (χ4v) is 4.28. The normalized spacial score (nSPS) is 12.4. The van der Waals surface area contributed by atoms with Crippen molar-refractivity contribution in [3.8, 4) is 0 Å². The van der Waals surface area contributed by atoms with Gasteiger partial charge in [0.1, 0.15) is 6.04 Å². The molecule has 2 N–H and O–H groups in total. The number of esters is 1. The van der Waals surface area contributed by atoms with Crippen LogP contribution in [0.2, 0.25) is 0 Å². The molecule has 0 fully saturated rings. The Morgan fingerprint density at radius 3 is 2.50 bits per heavy atom. The lowest BCUT2D eigenvalue weighted by Crippen LogP contribution is -2.44. The maximum Gasteiger partial charge on any atom is 0.327 e. The third-order valence-corrected chi connectivity index (χ3v) is 6.44. The van der Waals surface area contributed by atoms with Gasteiger partial charge in [0.05, 0.1) is 11.5 Å². The largest absolute Gasteiger partial charge is 0.456 e. The average molecular weight is 499 g/mol. The van der Waals surface area contributed by atoms with Crippen molar-refractivity contribution in [3.05, 3.63) is 64.4 Å². The highest BCUT2D eigenvalue weighted by molar-refractivity contribution is 9.10. The summed E-state index contributed by atoms with van der Waals surface area (Å²) >= 11 is 3.21. The number of allylic oxidation sites excluding steroid dienone is 1.